The Kier molecular flexibility index (Phi) is 5.39. The van der Waals surface area contributed by atoms with Gasteiger partial charge in [-0.1, -0.05) is 6.92 Å². The molecule has 2 rings (SSSR count). The standard InChI is InChI=1S/C13H22BrN5/c1-3-6-16-13-17-9-11(14)12(18-13)15-7-8-19(2)10-4-5-10/h9-10H,3-8H2,1-2H3,(H2,15,16,17,18). The lowest BCUT2D eigenvalue weighted by molar-refractivity contribution is 0.337. The first-order valence-electron chi connectivity index (χ1n) is 6.91. The molecule has 0 amide bonds. The van der Waals surface area contributed by atoms with Gasteiger partial charge in [-0.2, -0.15) is 4.98 Å². The summed E-state index contributed by atoms with van der Waals surface area (Å²) >= 11 is 3.48. The number of halogens is 1. The third-order valence-corrected chi connectivity index (χ3v) is 3.78. The van der Waals surface area contributed by atoms with E-state index in [9.17, 15) is 0 Å². The summed E-state index contributed by atoms with van der Waals surface area (Å²) in [5.74, 6) is 1.54. The van der Waals surface area contributed by atoms with Crippen LogP contribution in [0.4, 0.5) is 11.8 Å². The molecule has 19 heavy (non-hydrogen) atoms. The van der Waals surface area contributed by atoms with Gasteiger partial charge < -0.3 is 15.5 Å². The fourth-order valence-electron chi connectivity index (χ4n) is 1.86. The van der Waals surface area contributed by atoms with E-state index in [1.54, 1.807) is 6.20 Å². The van der Waals surface area contributed by atoms with Crippen molar-refractivity contribution in [2.24, 2.45) is 0 Å². The van der Waals surface area contributed by atoms with Gasteiger partial charge in [0.05, 0.1) is 4.47 Å². The molecule has 0 aromatic carbocycles. The molecule has 1 aliphatic carbocycles. The van der Waals surface area contributed by atoms with E-state index in [4.69, 9.17) is 0 Å². The van der Waals surface area contributed by atoms with Crippen molar-refractivity contribution in [2.75, 3.05) is 37.3 Å². The van der Waals surface area contributed by atoms with Crippen molar-refractivity contribution >= 4 is 27.7 Å². The summed E-state index contributed by atoms with van der Waals surface area (Å²) in [4.78, 5) is 11.1. The molecular weight excluding hydrogens is 306 g/mol. The molecule has 1 aromatic heterocycles. The van der Waals surface area contributed by atoms with Crippen LogP contribution in [0.5, 0.6) is 0 Å². The predicted octanol–water partition coefficient (Wildman–Crippen LogP) is 2.57. The summed E-state index contributed by atoms with van der Waals surface area (Å²) in [7, 11) is 2.18. The maximum atomic E-state index is 4.47. The van der Waals surface area contributed by atoms with Gasteiger partial charge in [0, 0.05) is 31.9 Å². The van der Waals surface area contributed by atoms with E-state index in [1.165, 1.54) is 12.8 Å². The number of aromatic nitrogens is 2. The topological polar surface area (TPSA) is 53.1 Å². The number of nitrogens with zero attached hydrogens (tertiary/aromatic N) is 3. The normalized spacial score (nSPS) is 14.7. The number of likely N-dealkylation sites (N-methyl/N-ethyl adjacent to an activating group) is 1. The van der Waals surface area contributed by atoms with Gasteiger partial charge in [-0.05, 0) is 42.2 Å². The van der Waals surface area contributed by atoms with Crippen LogP contribution < -0.4 is 10.6 Å². The van der Waals surface area contributed by atoms with E-state index >= 15 is 0 Å². The molecule has 2 N–H and O–H groups in total. The van der Waals surface area contributed by atoms with Gasteiger partial charge in [-0.25, -0.2) is 4.98 Å². The van der Waals surface area contributed by atoms with E-state index in [0.29, 0.717) is 5.95 Å². The van der Waals surface area contributed by atoms with Crippen molar-refractivity contribution < 1.29 is 0 Å². The molecule has 106 valence electrons. The van der Waals surface area contributed by atoms with Gasteiger partial charge in [0.25, 0.3) is 0 Å². The van der Waals surface area contributed by atoms with Crippen LogP contribution in [0.3, 0.4) is 0 Å². The van der Waals surface area contributed by atoms with Crippen molar-refractivity contribution in [3.63, 3.8) is 0 Å². The lowest BCUT2D eigenvalue weighted by Crippen LogP contribution is -2.27. The number of hydrogen-bond donors (Lipinski definition) is 2. The molecular formula is C13H22BrN5. The van der Waals surface area contributed by atoms with Crippen LogP contribution in [0.2, 0.25) is 0 Å². The van der Waals surface area contributed by atoms with E-state index in [1.807, 2.05) is 0 Å². The average molecular weight is 328 g/mol. The minimum Gasteiger partial charge on any atom is -0.368 e. The van der Waals surface area contributed by atoms with Crippen LogP contribution >= 0.6 is 15.9 Å². The molecule has 0 atom stereocenters. The third-order valence-electron chi connectivity index (χ3n) is 3.20. The molecule has 0 bridgehead atoms. The average Bonchev–Trinajstić information content (AvgIpc) is 3.23. The van der Waals surface area contributed by atoms with Crippen molar-refractivity contribution in [1.82, 2.24) is 14.9 Å². The van der Waals surface area contributed by atoms with Crippen LogP contribution in [-0.4, -0.2) is 47.6 Å². The lowest BCUT2D eigenvalue weighted by Gasteiger charge is -2.16. The Hall–Kier alpha value is -0.880. The Labute approximate surface area is 123 Å². The molecule has 1 aliphatic rings. The summed E-state index contributed by atoms with van der Waals surface area (Å²) in [6, 6.07) is 0.803. The van der Waals surface area contributed by atoms with Crippen molar-refractivity contribution in [3.8, 4) is 0 Å². The Bertz CT molecular complexity index is 408. The van der Waals surface area contributed by atoms with Crippen molar-refractivity contribution in [1.29, 1.82) is 0 Å². The van der Waals surface area contributed by atoms with Gasteiger partial charge in [-0.15, -0.1) is 0 Å². The Morgan fingerprint density at radius 2 is 2.16 bits per heavy atom. The molecule has 0 aliphatic heterocycles. The fraction of sp³-hybridized carbons (Fsp3) is 0.692. The molecule has 1 heterocycles. The molecule has 0 radical (unpaired) electrons. The maximum Gasteiger partial charge on any atom is 0.224 e. The first-order chi connectivity index (χ1) is 9.20. The van der Waals surface area contributed by atoms with Gasteiger partial charge in [0.1, 0.15) is 5.82 Å². The second kappa shape index (κ2) is 7.05. The maximum absolute atomic E-state index is 4.47. The Morgan fingerprint density at radius 3 is 2.84 bits per heavy atom. The summed E-state index contributed by atoms with van der Waals surface area (Å²) in [6.07, 6.45) is 5.55. The molecule has 1 fully saturated rings. The van der Waals surface area contributed by atoms with Crippen LogP contribution in [0, 0.1) is 0 Å². The molecule has 1 saturated carbocycles. The number of anilines is 2. The predicted molar refractivity (Wildman–Crippen MR) is 82.7 cm³/mol. The zero-order valence-electron chi connectivity index (χ0n) is 11.6. The van der Waals surface area contributed by atoms with Crippen LogP contribution in [0.15, 0.2) is 10.7 Å². The smallest absolute Gasteiger partial charge is 0.224 e. The monoisotopic (exact) mass is 327 g/mol. The molecule has 1 aromatic rings. The fourth-order valence-corrected chi connectivity index (χ4v) is 2.19. The Balaban J connectivity index is 1.83. The number of hydrogen-bond acceptors (Lipinski definition) is 5. The Morgan fingerprint density at radius 1 is 1.37 bits per heavy atom. The van der Waals surface area contributed by atoms with E-state index in [-0.39, 0.29) is 0 Å². The van der Waals surface area contributed by atoms with E-state index in [0.717, 1.165) is 42.4 Å². The summed E-state index contributed by atoms with van der Waals surface area (Å²) in [5, 5.41) is 6.56. The zero-order valence-corrected chi connectivity index (χ0v) is 13.2. The molecule has 5 nitrogen and oxygen atoms in total. The SMILES string of the molecule is CCCNc1ncc(Br)c(NCCN(C)C2CC2)n1. The zero-order chi connectivity index (χ0) is 13.7. The van der Waals surface area contributed by atoms with Gasteiger partial charge >= 0.3 is 0 Å². The third kappa shape index (κ3) is 4.62. The van der Waals surface area contributed by atoms with E-state index in [2.05, 4.69) is 55.4 Å². The lowest BCUT2D eigenvalue weighted by atomic mass is 10.4. The minimum absolute atomic E-state index is 0.683. The van der Waals surface area contributed by atoms with Gasteiger partial charge in [0.15, 0.2) is 0 Å². The second-order valence-electron chi connectivity index (χ2n) is 4.96. The number of nitrogens with one attached hydrogen (secondary N) is 2. The highest BCUT2D eigenvalue weighted by Crippen LogP contribution is 2.25. The first kappa shape index (κ1) is 14.5. The van der Waals surface area contributed by atoms with Crippen molar-refractivity contribution in [3.05, 3.63) is 10.7 Å². The van der Waals surface area contributed by atoms with Gasteiger partial charge in [0.2, 0.25) is 5.95 Å². The summed E-state index contributed by atoms with van der Waals surface area (Å²) < 4.78 is 0.906. The molecule has 0 unspecified atom stereocenters. The highest BCUT2D eigenvalue weighted by molar-refractivity contribution is 9.10. The molecule has 0 spiro atoms. The highest BCUT2D eigenvalue weighted by atomic mass is 79.9. The highest BCUT2D eigenvalue weighted by Gasteiger charge is 2.25. The van der Waals surface area contributed by atoms with Crippen LogP contribution in [0.25, 0.3) is 0 Å². The first-order valence-corrected chi connectivity index (χ1v) is 7.70. The van der Waals surface area contributed by atoms with Crippen LogP contribution in [-0.2, 0) is 0 Å². The minimum atomic E-state index is 0.683. The quantitative estimate of drug-likeness (QED) is 0.768. The summed E-state index contributed by atoms with van der Waals surface area (Å²) in [5.41, 5.74) is 0. The molecule has 0 saturated heterocycles. The van der Waals surface area contributed by atoms with Crippen LogP contribution in [0.1, 0.15) is 26.2 Å². The van der Waals surface area contributed by atoms with Gasteiger partial charge in [-0.3, -0.25) is 0 Å². The summed E-state index contributed by atoms with van der Waals surface area (Å²) in [6.45, 7) is 4.96. The second-order valence-corrected chi connectivity index (χ2v) is 5.81. The number of rotatable bonds is 8. The van der Waals surface area contributed by atoms with Crippen molar-refractivity contribution in [2.45, 2.75) is 32.2 Å². The van der Waals surface area contributed by atoms with E-state index < -0.39 is 0 Å². The largest absolute Gasteiger partial charge is 0.368 e. The molecule has 6 heteroatoms.